The molecule has 25 heavy (non-hydrogen) atoms. The van der Waals surface area contributed by atoms with E-state index in [1.54, 1.807) is 11.8 Å². The van der Waals surface area contributed by atoms with E-state index < -0.39 is 11.9 Å². The molecule has 0 aromatic rings. The molecule has 0 aliphatic rings. The van der Waals surface area contributed by atoms with Gasteiger partial charge in [-0.3, -0.25) is 9.59 Å². The van der Waals surface area contributed by atoms with E-state index in [0.29, 0.717) is 5.75 Å². The summed E-state index contributed by atoms with van der Waals surface area (Å²) in [4.78, 5) is 22.3. The number of primary amides is 1. The number of rotatable bonds is 12. The second-order valence-electron chi connectivity index (χ2n) is 6.65. The van der Waals surface area contributed by atoms with Crippen molar-refractivity contribution in [2.24, 2.45) is 5.73 Å². The average molecular weight is 367 g/mol. The molecule has 0 saturated carbocycles. The first-order chi connectivity index (χ1) is 11.7. The number of hydrogen-bond acceptors (Lipinski definition) is 3. The van der Waals surface area contributed by atoms with Crippen molar-refractivity contribution >= 4 is 23.6 Å². The fourth-order valence-corrected chi connectivity index (χ4v) is 3.19. The second-order valence-corrected chi connectivity index (χ2v) is 7.73. The minimum absolute atomic E-state index is 0.233. The number of allylic oxidation sites excluding steroid dienone is 5. The predicted octanol–water partition coefficient (Wildman–Crippen LogP) is 4.13. The normalized spacial score (nSPS) is 13.3. The summed E-state index contributed by atoms with van der Waals surface area (Å²) in [5, 5.41) is 2.57. The Morgan fingerprint density at radius 2 is 1.52 bits per heavy atom. The second kappa shape index (κ2) is 13.8. The Morgan fingerprint density at radius 1 is 0.960 bits per heavy atom. The predicted molar refractivity (Wildman–Crippen MR) is 110 cm³/mol. The number of amides is 2. The molecule has 3 N–H and O–H groups in total. The lowest BCUT2D eigenvalue weighted by Crippen LogP contribution is -2.45. The maximum atomic E-state index is 11.2. The van der Waals surface area contributed by atoms with Crippen LogP contribution in [0.3, 0.4) is 0 Å². The van der Waals surface area contributed by atoms with Crippen LogP contribution in [0.4, 0.5) is 0 Å². The van der Waals surface area contributed by atoms with Gasteiger partial charge in [0.25, 0.3) is 0 Å². The molecule has 2 amide bonds. The number of carbonyl (C=O) groups excluding carboxylic acids is 2. The Labute approximate surface area is 157 Å². The third-order valence-electron chi connectivity index (χ3n) is 3.68. The Bertz CT molecular complexity index is 518. The first-order valence-corrected chi connectivity index (χ1v) is 9.96. The Morgan fingerprint density at radius 3 is 2.04 bits per heavy atom. The molecule has 0 saturated heterocycles. The quantitative estimate of drug-likeness (QED) is 0.403. The van der Waals surface area contributed by atoms with Crippen molar-refractivity contribution in [1.82, 2.24) is 5.32 Å². The van der Waals surface area contributed by atoms with E-state index in [4.69, 9.17) is 5.73 Å². The highest BCUT2D eigenvalue weighted by atomic mass is 32.2. The zero-order valence-corrected chi connectivity index (χ0v) is 17.2. The Kier molecular flexibility index (Phi) is 12.9. The lowest BCUT2D eigenvalue weighted by atomic mass is 10.1. The fourth-order valence-electron chi connectivity index (χ4n) is 2.17. The van der Waals surface area contributed by atoms with Gasteiger partial charge in [-0.05, 0) is 53.4 Å². The van der Waals surface area contributed by atoms with Crippen LogP contribution in [0.25, 0.3) is 0 Å². The van der Waals surface area contributed by atoms with Crippen LogP contribution in [-0.2, 0) is 9.59 Å². The van der Waals surface area contributed by atoms with Crippen LogP contribution in [0.15, 0.2) is 34.9 Å². The van der Waals surface area contributed by atoms with Gasteiger partial charge in [0.1, 0.15) is 6.04 Å². The highest BCUT2D eigenvalue weighted by molar-refractivity contribution is 7.99. The van der Waals surface area contributed by atoms with Gasteiger partial charge in [0, 0.05) is 18.4 Å². The minimum Gasteiger partial charge on any atom is -0.368 e. The van der Waals surface area contributed by atoms with Crippen LogP contribution in [0, 0.1) is 0 Å². The summed E-state index contributed by atoms with van der Waals surface area (Å²) >= 11 is 1.60. The fraction of sp³-hybridized carbons (Fsp3) is 0.600. The summed E-state index contributed by atoms with van der Waals surface area (Å²) in [5.41, 5.74) is 9.44. The Balaban J connectivity index is 4.07. The van der Waals surface area contributed by atoms with Gasteiger partial charge < -0.3 is 11.1 Å². The largest absolute Gasteiger partial charge is 0.368 e. The van der Waals surface area contributed by atoms with Gasteiger partial charge in [-0.25, -0.2) is 0 Å². The first kappa shape index (κ1) is 23.5. The van der Waals surface area contributed by atoms with E-state index in [1.165, 1.54) is 23.6 Å². The number of thioether (sulfide) groups is 1. The van der Waals surface area contributed by atoms with E-state index in [9.17, 15) is 9.59 Å². The van der Waals surface area contributed by atoms with E-state index in [2.05, 4.69) is 51.2 Å². The van der Waals surface area contributed by atoms with Crippen LogP contribution < -0.4 is 11.1 Å². The van der Waals surface area contributed by atoms with Crippen molar-refractivity contribution in [3.63, 3.8) is 0 Å². The summed E-state index contributed by atoms with van der Waals surface area (Å²) in [6.07, 6.45) is 11.1. The van der Waals surface area contributed by atoms with Gasteiger partial charge in [-0.1, -0.05) is 34.9 Å². The molecule has 0 fully saturated rings. The van der Waals surface area contributed by atoms with Crippen molar-refractivity contribution in [3.8, 4) is 0 Å². The molecule has 1 unspecified atom stereocenters. The van der Waals surface area contributed by atoms with Crippen molar-refractivity contribution < 1.29 is 9.59 Å². The summed E-state index contributed by atoms with van der Waals surface area (Å²) in [6, 6.07) is -0.595. The molecule has 0 heterocycles. The molecule has 5 heteroatoms. The maximum absolute atomic E-state index is 11.2. The average Bonchev–Trinajstić information content (AvgIpc) is 2.49. The van der Waals surface area contributed by atoms with Crippen molar-refractivity contribution in [2.75, 3.05) is 11.5 Å². The topological polar surface area (TPSA) is 72.2 Å². The highest BCUT2D eigenvalue weighted by Gasteiger charge is 2.15. The SMILES string of the molecule is CC(=O)NC(CSCC=C(C)CCC=C(C)CCC=C(C)C)C(N)=O. The summed E-state index contributed by atoms with van der Waals surface area (Å²) < 4.78 is 0. The maximum Gasteiger partial charge on any atom is 0.240 e. The smallest absolute Gasteiger partial charge is 0.240 e. The minimum atomic E-state index is -0.595. The molecule has 142 valence electrons. The Hall–Kier alpha value is -1.49. The first-order valence-electron chi connectivity index (χ1n) is 8.81. The number of hydrogen-bond donors (Lipinski definition) is 2. The van der Waals surface area contributed by atoms with E-state index >= 15 is 0 Å². The van der Waals surface area contributed by atoms with Crippen molar-refractivity contribution in [3.05, 3.63) is 34.9 Å². The molecule has 0 radical (unpaired) electrons. The van der Waals surface area contributed by atoms with Gasteiger partial charge in [0.15, 0.2) is 0 Å². The standard InChI is InChI=1S/C20H34N2O2S/c1-15(2)8-6-9-16(3)10-7-11-17(4)12-13-25-14-19(20(21)24)22-18(5)23/h8,10,12,19H,6-7,9,11,13-14H2,1-5H3,(H2,21,24)(H,22,23). The lowest BCUT2D eigenvalue weighted by Gasteiger charge is -2.13. The molecule has 4 nitrogen and oxygen atoms in total. The lowest BCUT2D eigenvalue weighted by molar-refractivity contribution is -0.125. The molecule has 0 aromatic carbocycles. The van der Waals surface area contributed by atoms with E-state index in [-0.39, 0.29) is 5.91 Å². The third kappa shape index (κ3) is 14.6. The zero-order valence-electron chi connectivity index (χ0n) is 16.4. The highest BCUT2D eigenvalue weighted by Crippen LogP contribution is 2.13. The molecule has 0 bridgehead atoms. The van der Waals surface area contributed by atoms with E-state index in [1.807, 2.05) is 0 Å². The number of carbonyl (C=O) groups is 2. The van der Waals surface area contributed by atoms with Gasteiger partial charge in [0.05, 0.1) is 0 Å². The summed E-state index contributed by atoms with van der Waals surface area (Å²) in [5.74, 6) is 0.598. The van der Waals surface area contributed by atoms with Crippen LogP contribution in [0.2, 0.25) is 0 Å². The third-order valence-corrected chi connectivity index (χ3v) is 4.65. The molecular weight excluding hydrogens is 332 g/mol. The molecule has 0 spiro atoms. The zero-order chi connectivity index (χ0) is 19.2. The van der Waals surface area contributed by atoms with Crippen LogP contribution in [-0.4, -0.2) is 29.4 Å². The monoisotopic (exact) mass is 366 g/mol. The van der Waals surface area contributed by atoms with Crippen LogP contribution in [0.1, 0.15) is 60.3 Å². The van der Waals surface area contributed by atoms with Gasteiger partial charge in [-0.2, -0.15) is 11.8 Å². The number of nitrogens with two attached hydrogens (primary N) is 1. The molecule has 0 aliphatic heterocycles. The van der Waals surface area contributed by atoms with Crippen LogP contribution in [0.5, 0.6) is 0 Å². The van der Waals surface area contributed by atoms with Crippen molar-refractivity contribution in [2.45, 2.75) is 66.3 Å². The van der Waals surface area contributed by atoms with Gasteiger partial charge in [0.2, 0.25) is 11.8 Å². The van der Waals surface area contributed by atoms with Crippen molar-refractivity contribution in [1.29, 1.82) is 0 Å². The summed E-state index contributed by atoms with van der Waals surface area (Å²) in [7, 11) is 0. The van der Waals surface area contributed by atoms with Gasteiger partial charge in [-0.15, -0.1) is 0 Å². The molecule has 0 aromatic heterocycles. The molecule has 0 rings (SSSR count). The molecule has 1 atom stereocenters. The van der Waals surface area contributed by atoms with E-state index in [0.717, 1.165) is 31.4 Å². The number of nitrogens with one attached hydrogen (secondary N) is 1. The van der Waals surface area contributed by atoms with Crippen LogP contribution >= 0.6 is 11.8 Å². The summed E-state index contributed by atoms with van der Waals surface area (Å²) in [6.45, 7) is 9.98. The molecular formula is C20H34N2O2S. The van der Waals surface area contributed by atoms with Gasteiger partial charge >= 0.3 is 0 Å². The molecule has 0 aliphatic carbocycles.